The number of aromatic nitrogens is 1. The van der Waals surface area contributed by atoms with Crippen molar-refractivity contribution < 1.29 is 9.29 Å². The van der Waals surface area contributed by atoms with Crippen LogP contribution in [-0.4, -0.2) is 22.9 Å². The Bertz CT molecular complexity index is 555. The van der Waals surface area contributed by atoms with E-state index in [1.807, 2.05) is 31.2 Å². The fraction of sp³-hybridized carbons (Fsp3) is 0.214. The molecule has 1 aromatic carbocycles. The molecule has 1 atom stereocenters. The van der Waals surface area contributed by atoms with Gasteiger partial charge in [-0.25, -0.2) is 0 Å². The van der Waals surface area contributed by atoms with Crippen LogP contribution in [0.15, 0.2) is 41.4 Å². The molecule has 0 N–H and O–H groups in total. The second-order valence-corrected chi connectivity index (χ2v) is 5.30. The molecule has 18 heavy (non-hydrogen) atoms. The summed E-state index contributed by atoms with van der Waals surface area (Å²) in [5.41, 5.74) is 2.69. The van der Waals surface area contributed by atoms with Gasteiger partial charge in [-0.2, -0.15) is 0 Å². The molecule has 0 fully saturated rings. The van der Waals surface area contributed by atoms with E-state index in [9.17, 15) is 4.55 Å². The lowest BCUT2D eigenvalue weighted by Crippen LogP contribution is -2.03. The van der Waals surface area contributed by atoms with Gasteiger partial charge in [0, 0.05) is 17.8 Å². The first-order valence-electron chi connectivity index (χ1n) is 5.57. The number of benzene rings is 1. The number of aryl methyl sites for hydroxylation is 1. The van der Waals surface area contributed by atoms with Crippen molar-refractivity contribution in [2.45, 2.75) is 11.8 Å². The van der Waals surface area contributed by atoms with E-state index in [-0.39, 0.29) is 0 Å². The minimum atomic E-state index is -1.04. The van der Waals surface area contributed by atoms with Crippen LogP contribution in [-0.2, 0) is 11.2 Å². The molecular formula is C14H15NO2S. The Morgan fingerprint density at radius 2 is 2.06 bits per heavy atom. The molecule has 0 spiro atoms. The van der Waals surface area contributed by atoms with Crippen LogP contribution in [0.25, 0.3) is 11.3 Å². The van der Waals surface area contributed by atoms with Crippen LogP contribution >= 0.6 is 0 Å². The normalized spacial score (nSPS) is 12.2. The van der Waals surface area contributed by atoms with Gasteiger partial charge in [0.15, 0.2) is 4.90 Å². The monoisotopic (exact) mass is 261 g/mol. The van der Waals surface area contributed by atoms with E-state index in [0.717, 1.165) is 27.5 Å². The fourth-order valence-corrected chi connectivity index (χ4v) is 2.92. The second-order valence-electron chi connectivity index (χ2n) is 3.99. The van der Waals surface area contributed by atoms with Gasteiger partial charge in [-0.1, -0.05) is 12.1 Å². The highest BCUT2D eigenvalue weighted by Crippen LogP contribution is 2.30. The van der Waals surface area contributed by atoms with Gasteiger partial charge in [-0.3, -0.25) is 4.98 Å². The Hall–Kier alpha value is -1.52. The summed E-state index contributed by atoms with van der Waals surface area (Å²) in [5.74, 6) is 0.745. The first-order valence-corrected chi connectivity index (χ1v) is 7.12. The third-order valence-corrected chi connectivity index (χ3v) is 3.86. The van der Waals surface area contributed by atoms with Crippen molar-refractivity contribution in [2.24, 2.45) is 0 Å². The van der Waals surface area contributed by atoms with Crippen LogP contribution in [0, 0.1) is 6.92 Å². The molecule has 1 heterocycles. The highest BCUT2D eigenvalue weighted by molar-refractivity contribution is 7.90. The van der Waals surface area contributed by atoms with E-state index in [0.29, 0.717) is 0 Å². The number of hydrogen-bond acceptors (Lipinski definition) is 3. The van der Waals surface area contributed by atoms with Gasteiger partial charge < -0.3 is 9.29 Å². The Morgan fingerprint density at radius 3 is 2.72 bits per heavy atom. The summed E-state index contributed by atoms with van der Waals surface area (Å²) in [5, 5.41) is 0. The number of rotatable bonds is 3. The summed E-state index contributed by atoms with van der Waals surface area (Å²) in [7, 11) is 1.62. The Labute approximate surface area is 110 Å². The molecule has 1 aromatic heterocycles. The quantitative estimate of drug-likeness (QED) is 0.798. The van der Waals surface area contributed by atoms with Crippen molar-refractivity contribution in [1.82, 2.24) is 4.98 Å². The average molecular weight is 261 g/mol. The van der Waals surface area contributed by atoms with Gasteiger partial charge >= 0.3 is 0 Å². The van der Waals surface area contributed by atoms with Crippen LogP contribution in [0.1, 0.15) is 5.56 Å². The predicted octanol–water partition coefficient (Wildman–Crippen LogP) is 2.80. The van der Waals surface area contributed by atoms with Crippen molar-refractivity contribution in [3.63, 3.8) is 0 Å². The van der Waals surface area contributed by atoms with E-state index in [1.165, 1.54) is 0 Å². The van der Waals surface area contributed by atoms with Crippen molar-refractivity contribution >= 4 is 11.2 Å². The summed E-state index contributed by atoms with van der Waals surface area (Å²) in [6.45, 7) is 1.96. The summed E-state index contributed by atoms with van der Waals surface area (Å²) in [6, 6.07) is 9.49. The number of hydrogen-bond donors (Lipinski definition) is 0. The zero-order valence-corrected chi connectivity index (χ0v) is 11.5. The molecule has 2 rings (SSSR count). The topological polar surface area (TPSA) is 45.2 Å². The average Bonchev–Trinajstić information content (AvgIpc) is 2.38. The molecule has 0 saturated carbocycles. The Kier molecular flexibility index (Phi) is 3.89. The lowest BCUT2D eigenvalue weighted by molar-refractivity contribution is 0.414. The molecule has 0 aliphatic rings. The van der Waals surface area contributed by atoms with Crippen molar-refractivity contribution in [1.29, 1.82) is 0 Å². The SMILES string of the molecule is COc1ccnc(-c2cccc(C)c2[S+](C)[O-])c1. The minimum Gasteiger partial charge on any atom is -0.612 e. The van der Waals surface area contributed by atoms with E-state index in [1.54, 1.807) is 25.6 Å². The molecule has 0 radical (unpaired) electrons. The Balaban J connectivity index is 2.59. The van der Waals surface area contributed by atoms with Crippen LogP contribution in [0.5, 0.6) is 5.75 Å². The number of methoxy groups -OCH3 is 1. The molecule has 4 heteroatoms. The van der Waals surface area contributed by atoms with Gasteiger partial charge in [0.1, 0.15) is 12.0 Å². The molecule has 0 saturated heterocycles. The minimum absolute atomic E-state index is 0.745. The predicted molar refractivity (Wildman–Crippen MR) is 73.3 cm³/mol. The third-order valence-electron chi connectivity index (χ3n) is 2.74. The van der Waals surface area contributed by atoms with E-state index in [4.69, 9.17) is 4.74 Å². The summed E-state index contributed by atoms with van der Waals surface area (Å²) < 4.78 is 17.1. The van der Waals surface area contributed by atoms with Gasteiger partial charge in [-0.15, -0.1) is 0 Å². The maximum Gasteiger partial charge on any atom is 0.164 e. The van der Waals surface area contributed by atoms with Gasteiger partial charge in [0.2, 0.25) is 0 Å². The largest absolute Gasteiger partial charge is 0.612 e. The number of ether oxygens (including phenoxy) is 1. The Morgan fingerprint density at radius 1 is 1.28 bits per heavy atom. The van der Waals surface area contributed by atoms with Crippen LogP contribution in [0.3, 0.4) is 0 Å². The maximum atomic E-state index is 11.9. The first-order chi connectivity index (χ1) is 8.63. The summed E-state index contributed by atoms with van der Waals surface area (Å²) in [6.07, 6.45) is 3.38. The van der Waals surface area contributed by atoms with Gasteiger partial charge in [0.25, 0.3) is 0 Å². The van der Waals surface area contributed by atoms with Gasteiger partial charge in [0.05, 0.1) is 18.4 Å². The number of nitrogens with zero attached hydrogens (tertiary/aromatic N) is 1. The van der Waals surface area contributed by atoms with Crippen LogP contribution in [0.2, 0.25) is 0 Å². The summed E-state index contributed by atoms with van der Waals surface area (Å²) >= 11 is -1.04. The molecule has 1 unspecified atom stereocenters. The van der Waals surface area contributed by atoms with Crippen molar-refractivity contribution in [3.8, 4) is 17.0 Å². The number of pyridine rings is 1. The fourth-order valence-electron chi connectivity index (χ4n) is 1.92. The molecule has 0 amide bonds. The lowest BCUT2D eigenvalue weighted by atomic mass is 10.1. The van der Waals surface area contributed by atoms with E-state index in [2.05, 4.69) is 4.98 Å². The van der Waals surface area contributed by atoms with Crippen molar-refractivity contribution in [3.05, 3.63) is 42.1 Å². The molecule has 94 valence electrons. The summed E-state index contributed by atoms with van der Waals surface area (Å²) in [4.78, 5) is 5.16. The molecule has 0 bridgehead atoms. The maximum absolute atomic E-state index is 11.9. The molecule has 0 aliphatic heterocycles. The molecule has 0 aliphatic carbocycles. The van der Waals surface area contributed by atoms with Crippen LogP contribution in [0.4, 0.5) is 0 Å². The highest BCUT2D eigenvalue weighted by Gasteiger charge is 2.17. The standard InChI is InChI=1S/C14H15NO2S/c1-10-5-4-6-12(14(10)18(3)16)13-9-11(17-2)7-8-15-13/h4-9H,1-3H3. The van der Waals surface area contributed by atoms with Crippen LogP contribution < -0.4 is 4.74 Å². The molecular weight excluding hydrogens is 246 g/mol. The third kappa shape index (κ3) is 2.49. The zero-order valence-electron chi connectivity index (χ0n) is 10.6. The second kappa shape index (κ2) is 5.42. The van der Waals surface area contributed by atoms with E-state index >= 15 is 0 Å². The molecule has 3 nitrogen and oxygen atoms in total. The highest BCUT2D eigenvalue weighted by atomic mass is 32.2. The van der Waals surface area contributed by atoms with Gasteiger partial charge in [-0.05, 0) is 30.2 Å². The smallest absolute Gasteiger partial charge is 0.164 e. The molecule has 2 aromatic rings. The van der Waals surface area contributed by atoms with Crippen molar-refractivity contribution in [2.75, 3.05) is 13.4 Å². The van der Waals surface area contributed by atoms with E-state index < -0.39 is 11.2 Å². The first kappa shape index (κ1) is 12.9. The lowest BCUT2D eigenvalue weighted by Gasteiger charge is -2.13. The zero-order chi connectivity index (χ0) is 13.1.